The molecular formula is C18H22N2O3. The molecule has 23 heavy (non-hydrogen) atoms. The number of carbonyl (C=O) groups is 1. The summed E-state index contributed by atoms with van der Waals surface area (Å²) in [7, 11) is 0. The van der Waals surface area contributed by atoms with E-state index >= 15 is 0 Å². The summed E-state index contributed by atoms with van der Waals surface area (Å²) >= 11 is 0. The van der Waals surface area contributed by atoms with E-state index in [-0.39, 0.29) is 17.6 Å². The van der Waals surface area contributed by atoms with Crippen molar-refractivity contribution in [1.29, 1.82) is 5.26 Å². The summed E-state index contributed by atoms with van der Waals surface area (Å²) in [5.41, 5.74) is 0.859. The SMILES string of the molecule is CC[C@H](C)Oc1ccccc1/C=C(\C#N)C(=O)N1CCOCC1. The largest absolute Gasteiger partial charge is 0.490 e. The van der Waals surface area contributed by atoms with Crippen molar-refractivity contribution in [3.63, 3.8) is 0 Å². The van der Waals surface area contributed by atoms with Gasteiger partial charge in [-0.1, -0.05) is 25.1 Å². The molecule has 1 aliphatic heterocycles. The van der Waals surface area contributed by atoms with Crippen molar-refractivity contribution in [3.05, 3.63) is 35.4 Å². The third kappa shape index (κ3) is 4.57. The molecule has 0 saturated carbocycles. The fourth-order valence-electron chi connectivity index (χ4n) is 2.24. The molecule has 0 N–H and O–H groups in total. The Labute approximate surface area is 137 Å². The summed E-state index contributed by atoms with van der Waals surface area (Å²) < 4.78 is 11.1. The van der Waals surface area contributed by atoms with Crippen LogP contribution in [-0.4, -0.2) is 43.2 Å². The van der Waals surface area contributed by atoms with Crippen LogP contribution in [0.4, 0.5) is 0 Å². The Kier molecular flexibility index (Phi) is 6.19. The normalized spacial score (nSPS) is 16.6. The van der Waals surface area contributed by atoms with Gasteiger partial charge in [0.25, 0.3) is 5.91 Å². The summed E-state index contributed by atoms with van der Waals surface area (Å²) in [6.07, 6.45) is 2.57. The zero-order valence-electron chi connectivity index (χ0n) is 13.6. The van der Waals surface area contributed by atoms with Gasteiger partial charge in [0, 0.05) is 18.7 Å². The van der Waals surface area contributed by atoms with Crippen LogP contribution in [0.5, 0.6) is 5.75 Å². The second kappa shape index (κ2) is 8.35. The first-order valence-electron chi connectivity index (χ1n) is 7.90. The van der Waals surface area contributed by atoms with Crippen LogP contribution < -0.4 is 4.74 Å². The molecule has 5 heteroatoms. The molecule has 0 bridgehead atoms. The molecule has 1 aliphatic rings. The zero-order valence-corrected chi connectivity index (χ0v) is 13.6. The third-order valence-electron chi connectivity index (χ3n) is 3.77. The highest BCUT2D eigenvalue weighted by molar-refractivity contribution is 6.02. The Balaban J connectivity index is 2.24. The lowest BCUT2D eigenvalue weighted by Crippen LogP contribution is -2.41. The first-order valence-corrected chi connectivity index (χ1v) is 7.90. The second-order valence-corrected chi connectivity index (χ2v) is 5.45. The van der Waals surface area contributed by atoms with Gasteiger partial charge >= 0.3 is 0 Å². The molecule has 122 valence electrons. The average Bonchev–Trinajstić information content (AvgIpc) is 2.61. The summed E-state index contributed by atoms with van der Waals surface area (Å²) in [5.74, 6) is 0.429. The Hall–Kier alpha value is -2.32. The zero-order chi connectivity index (χ0) is 16.7. The van der Waals surface area contributed by atoms with E-state index < -0.39 is 0 Å². The molecule has 2 rings (SSSR count). The molecule has 1 atom stereocenters. The van der Waals surface area contributed by atoms with Gasteiger partial charge in [0.1, 0.15) is 17.4 Å². The number of morpholine rings is 1. The number of rotatable bonds is 5. The maximum absolute atomic E-state index is 12.5. The van der Waals surface area contributed by atoms with E-state index in [1.165, 1.54) is 0 Å². The van der Waals surface area contributed by atoms with E-state index in [1.807, 2.05) is 44.2 Å². The number of ether oxygens (including phenoxy) is 2. The second-order valence-electron chi connectivity index (χ2n) is 5.45. The minimum Gasteiger partial charge on any atom is -0.490 e. The minimum atomic E-state index is -0.255. The molecule has 1 heterocycles. The first-order chi connectivity index (χ1) is 11.2. The number of nitriles is 1. The molecule has 0 aromatic heterocycles. The van der Waals surface area contributed by atoms with Crippen LogP contribution in [0.2, 0.25) is 0 Å². The minimum absolute atomic E-state index is 0.0741. The van der Waals surface area contributed by atoms with Gasteiger partial charge in [-0.05, 0) is 25.5 Å². The summed E-state index contributed by atoms with van der Waals surface area (Å²) in [4.78, 5) is 14.1. The Morgan fingerprint density at radius 1 is 1.43 bits per heavy atom. The van der Waals surface area contributed by atoms with Gasteiger partial charge < -0.3 is 14.4 Å². The van der Waals surface area contributed by atoms with Gasteiger partial charge in [-0.2, -0.15) is 5.26 Å². The smallest absolute Gasteiger partial charge is 0.264 e. The van der Waals surface area contributed by atoms with Gasteiger partial charge in [-0.15, -0.1) is 0 Å². The Morgan fingerprint density at radius 2 is 2.13 bits per heavy atom. The van der Waals surface area contributed by atoms with Crippen LogP contribution in [0.15, 0.2) is 29.8 Å². The van der Waals surface area contributed by atoms with Crippen LogP contribution in [0, 0.1) is 11.3 Å². The molecule has 1 amide bonds. The topological polar surface area (TPSA) is 62.6 Å². The number of amides is 1. The lowest BCUT2D eigenvalue weighted by molar-refractivity contribution is -0.130. The van der Waals surface area contributed by atoms with Crippen LogP contribution in [0.1, 0.15) is 25.8 Å². The van der Waals surface area contributed by atoms with E-state index in [0.29, 0.717) is 32.1 Å². The van der Waals surface area contributed by atoms with E-state index in [1.54, 1.807) is 11.0 Å². The molecule has 1 aromatic carbocycles. The highest BCUT2D eigenvalue weighted by atomic mass is 16.5. The van der Waals surface area contributed by atoms with Gasteiger partial charge in [0.15, 0.2) is 0 Å². The predicted octanol–water partition coefficient (Wildman–Crippen LogP) is 2.63. The monoisotopic (exact) mass is 314 g/mol. The van der Waals surface area contributed by atoms with Gasteiger partial charge in [-0.25, -0.2) is 0 Å². The van der Waals surface area contributed by atoms with Crippen molar-refractivity contribution in [2.75, 3.05) is 26.3 Å². The molecule has 5 nitrogen and oxygen atoms in total. The highest BCUT2D eigenvalue weighted by Crippen LogP contribution is 2.23. The van der Waals surface area contributed by atoms with Crippen LogP contribution in [-0.2, 0) is 9.53 Å². The van der Waals surface area contributed by atoms with E-state index in [2.05, 4.69) is 0 Å². The lowest BCUT2D eigenvalue weighted by Gasteiger charge is -2.26. The Bertz CT molecular complexity index is 613. The fourth-order valence-corrected chi connectivity index (χ4v) is 2.24. The number of nitrogens with zero attached hydrogens (tertiary/aromatic N) is 2. The number of carbonyl (C=O) groups excluding carboxylic acids is 1. The molecule has 1 fully saturated rings. The maximum Gasteiger partial charge on any atom is 0.264 e. The molecule has 1 aromatic rings. The van der Waals surface area contributed by atoms with Crippen molar-refractivity contribution >= 4 is 12.0 Å². The number of hydrogen-bond donors (Lipinski definition) is 0. The fraction of sp³-hybridized carbons (Fsp3) is 0.444. The van der Waals surface area contributed by atoms with Gasteiger partial charge in [-0.3, -0.25) is 4.79 Å². The van der Waals surface area contributed by atoms with E-state index in [4.69, 9.17) is 9.47 Å². The van der Waals surface area contributed by atoms with Gasteiger partial charge in [0.2, 0.25) is 0 Å². The van der Waals surface area contributed by atoms with E-state index in [0.717, 1.165) is 12.0 Å². The predicted molar refractivity (Wildman–Crippen MR) is 87.8 cm³/mol. The highest BCUT2D eigenvalue weighted by Gasteiger charge is 2.21. The van der Waals surface area contributed by atoms with E-state index in [9.17, 15) is 10.1 Å². The molecule has 1 saturated heterocycles. The van der Waals surface area contributed by atoms with Crippen molar-refractivity contribution < 1.29 is 14.3 Å². The average molecular weight is 314 g/mol. The Morgan fingerprint density at radius 3 is 2.78 bits per heavy atom. The lowest BCUT2D eigenvalue weighted by atomic mass is 10.1. The standard InChI is InChI=1S/C18H22N2O3/c1-3-14(2)23-17-7-5-4-6-15(17)12-16(13-19)18(21)20-8-10-22-11-9-20/h4-7,12,14H,3,8-11H2,1-2H3/b16-12+/t14-/m0/s1. The van der Waals surface area contributed by atoms with Gasteiger partial charge in [0.05, 0.1) is 19.3 Å². The summed E-state index contributed by atoms with van der Waals surface area (Å²) in [5, 5.41) is 9.37. The third-order valence-corrected chi connectivity index (χ3v) is 3.77. The van der Waals surface area contributed by atoms with Crippen molar-refractivity contribution in [2.24, 2.45) is 0 Å². The van der Waals surface area contributed by atoms with Crippen molar-refractivity contribution in [3.8, 4) is 11.8 Å². The van der Waals surface area contributed by atoms with Crippen molar-refractivity contribution in [1.82, 2.24) is 4.90 Å². The molecule has 0 radical (unpaired) electrons. The molecule has 0 spiro atoms. The van der Waals surface area contributed by atoms with Crippen LogP contribution >= 0.6 is 0 Å². The molecule has 0 aliphatic carbocycles. The summed E-state index contributed by atoms with van der Waals surface area (Å²) in [6.45, 7) is 6.10. The molecular weight excluding hydrogens is 292 g/mol. The quantitative estimate of drug-likeness (QED) is 0.619. The number of benzene rings is 1. The number of hydrogen-bond acceptors (Lipinski definition) is 4. The maximum atomic E-state index is 12.5. The molecule has 0 unspecified atom stereocenters. The van der Waals surface area contributed by atoms with Crippen LogP contribution in [0.25, 0.3) is 6.08 Å². The number of para-hydroxylation sites is 1. The van der Waals surface area contributed by atoms with Crippen LogP contribution in [0.3, 0.4) is 0 Å². The first kappa shape index (κ1) is 17.0. The summed E-state index contributed by atoms with van der Waals surface area (Å²) in [6, 6.07) is 9.46. The van der Waals surface area contributed by atoms with Crippen molar-refractivity contribution in [2.45, 2.75) is 26.4 Å².